The van der Waals surface area contributed by atoms with Crippen LogP contribution >= 0.6 is 0 Å². The Morgan fingerprint density at radius 2 is 1.61 bits per heavy atom. The topological polar surface area (TPSA) is 98.2 Å². The summed E-state index contributed by atoms with van der Waals surface area (Å²) < 4.78 is 0. The van der Waals surface area contributed by atoms with Crippen molar-refractivity contribution < 1.29 is 24.6 Å². The number of carboxylic acid groups (broad SMARTS) is 1. The van der Waals surface area contributed by atoms with E-state index in [2.05, 4.69) is 0 Å². The zero-order valence-electron chi connectivity index (χ0n) is 17.8. The molecule has 31 heavy (non-hydrogen) atoms. The van der Waals surface area contributed by atoms with Crippen LogP contribution in [0.25, 0.3) is 5.76 Å². The first kappa shape index (κ1) is 22.1. The number of ketones is 1. The molecule has 0 unspecified atom stereocenters. The third-order valence-corrected chi connectivity index (χ3v) is 5.38. The van der Waals surface area contributed by atoms with Gasteiger partial charge in [0.1, 0.15) is 5.76 Å². The highest BCUT2D eigenvalue weighted by molar-refractivity contribution is 6.46. The first-order valence-corrected chi connectivity index (χ1v) is 10.0. The van der Waals surface area contributed by atoms with E-state index in [9.17, 15) is 19.5 Å². The molecule has 1 saturated heterocycles. The van der Waals surface area contributed by atoms with E-state index in [-0.39, 0.29) is 30.7 Å². The molecule has 2 aromatic rings. The number of Topliss-reactive ketones (excluding diaryl/α,β-unsaturated/α-hetero) is 1. The highest BCUT2D eigenvalue weighted by Gasteiger charge is 2.45. The van der Waals surface area contributed by atoms with Crippen molar-refractivity contribution >= 4 is 29.1 Å². The number of likely N-dealkylation sites (tertiary alicyclic amines) is 1. The molecule has 162 valence electrons. The van der Waals surface area contributed by atoms with E-state index >= 15 is 0 Å². The number of aliphatic hydroxyl groups excluding tert-OH is 1. The van der Waals surface area contributed by atoms with Crippen LogP contribution in [0, 0.1) is 6.92 Å². The van der Waals surface area contributed by atoms with E-state index in [0.29, 0.717) is 11.1 Å². The third-order valence-electron chi connectivity index (χ3n) is 5.38. The Labute approximate surface area is 181 Å². The summed E-state index contributed by atoms with van der Waals surface area (Å²) in [5.74, 6) is -2.71. The Bertz CT molecular complexity index is 1020. The largest absolute Gasteiger partial charge is 0.507 e. The second-order valence-electron chi connectivity index (χ2n) is 7.84. The number of carboxylic acids is 1. The lowest BCUT2D eigenvalue weighted by Gasteiger charge is -2.25. The Kier molecular flexibility index (Phi) is 6.44. The van der Waals surface area contributed by atoms with Crippen LogP contribution in [-0.4, -0.2) is 53.4 Å². The van der Waals surface area contributed by atoms with Crippen LogP contribution in [0.1, 0.15) is 35.6 Å². The lowest BCUT2D eigenvalue weighted by molar-refractivity contribution is -0.140. The summed E-state index contributed by atoms with van der Waals surface area (Å²) in [6.07, 6.45) is 0.0897. The van der Waals surface area contributed by atoms with Crippen molar-refractivity contribution in [2.24, 2.45) is 0 Å². The minimum absolute atomic E-state index is 0.0155. The molecule has 3 rings (SSSR count). The second-order valence-corrected chi connectivity index (χ2v) is 7.84. The zero-order valence-corrected chi connectivity index (χ0v) is 17.8. The van der Waals surface area contributed by atoms with Gasteiger partial charge >= 0.3 is 5.97 Å². The van der Waals surface area contributed by atoms with Gasteiger partial charge in [-0.2, -0.15) is 0 Å². The van der Waals surface area contributed by atoms with E-state index in [4.69, 9.17) is 5.11 Å². The number of aliphatic carboxylic acids is 1. The summed E-state index contributed by atoms with van der Waals surface area (Å²) >= 11 is 0. The molecule has 0 saturated carbocycles. The molecule has 0 spiro atoms. The van der Waals surface area contributed by atoms with Crippen molar-refractivity contribution in [1.82, 2.24) is 4.90 Å². The van der Waals surface area contributed by atoms with E-state index in [1.807, 2.05) is 62.3 Å². The van der Waals surface area contributed by atoms with Crippen LogP contribution in [0.15, 0.2) is 54.1 Å². The van der Waals surface area contributed by atoms with Crippen molar-refractivity contribution in [2.45, 2.75) is 25.8 Å². The van der Waals surface area contributed by atoms with Crippen LogP contribution in [0.2, 0.25) is 0 Å². The standard InChI is InChI=1S/C24H26N2O5/c1-15-6-8-17(9-7-15)22(29)20-21(16-10-12-18(13-11-16)25(2)3)26(24(31)23(20)30)14-4-5-19(27)28/h6-13,21,29H,4-5,14H2,1-3H3,(H,27,28)/b22-20+/t21-/m0/s1. The highest BCUT2D eigenvalue weighted by atomic mass is 16.4. The molecule has 7 nitrogen and oxygen atoms in total. The second kappa shape index (κ2) is 9.04. The van der Waals surface area contributed by atoms with Gasteiger partial charge in [-0.3, -0.25) is 14.4 Å². The Morgan fingerprint density at radius 1 is 1.00 bits per heavy atom. The lowest BCUT2D eigenvalue weighted by Crippen LogP contribution is -2.31. The number of benzene rings is 2. The maximum Gasteiger partial charge on any atom is 0.303 e. The van der Waals surface area contributed by atoms with Crippen molar-refractivity contribution in [3.05, 3.63) is 70.8 Å². The number of aryl methyl sites for hydroxylation is 1. The number of rotatable bonds is 7. The smallest absolute Gasteiger partial charge is 0.303 e. The number of nitrogens with zero attached hydrogens (tertiary/aromatic N) is 2. The number of hydrogen-bond donors (Lipinski definition) is 2. The molecule has 1 atom stereocenters. The molecule has 0 bridgehead atoms. The summed E-state index contributed by atoms with van der Waals surface area (Å²) in [7, 11) is 3.81. The first-order chi connectivity index (χ1) is 14.7. The molecule has 7 heteroatoms. The summed E-state index contributed by atoms with van der Waals surface area (Å²) in [6.45, 7) is 2.01. The monoisotopic (exact) mass is 422 g/mol. The number of anilines is 1. The molecule has 2 aromatic carbocycles. The van der Waals surface area contributed by atoms with Gasteiger partial charge in [0.05, 0.1) is 11.6 Å². The van der Waals surface area contributed by atoms with E-state index < -0.39 is 23.7 Å². The van der Waals surface area contributed by atoms with E-state index in [1.54, 1.807) is 12.1 Å². The van der Waals surface area contributed by atoms with Crippen LogP contribution in [0.5, 0.6) is 0 Å². The number of carbonyl (C=O) groups is 3. The fourth-order valence-electron chi connectivity index (χ4n) is 3.68. The summed E-state index contributed by atoms with van der Waals surface area (Å²) in [5, 5.41) is 19.9. The molecule has 1 aliphatic rings. The molecule has 1 heterocycles. The maximum atomic E-state index is 12.9. The average Bonchev–Trinajstić information content (AvgIpc) is 2.98. The molecular formula is C24H26N2O5. The lowest BCUT2D eigenvalue weighted by atomic mass is 9.94. The van der Waals surface area contributed by atoms with Crippen molar-refractivity contribution in [1.29, 1.82) is 0 Å². The Hall–Kier alpha value is -3.61. The molecule has 2 N–H and O–H groups in total. The summed E-state index contributed by atoms with van der Waals surface area (Å²) in [4.78, 5) is 40.0. The van der Waals surface area contributed by atoms with Crippen molar-refractivity contribution in [2.75, 3.05) is 25.5 Å². The SMILES string of the molecule is Cc1ccc(/C(O)=C2\C(=O)C(=O)N(CCCC(=O)O)[C@H]2c2ccc(N(C)C)cc2)cc1. The molecule has 1 fully saturated rings. The fraction of sp³-hybridized carbons (Fsp3) is 0.292. The van der Waals surface area contributed by atoms with Crippen LogP contribution in [0.3, 0.4) is 0 Å². The van der Waals surface area contributed by atoms with Gasteiger partial charge in [0.2, 0.25) is 0 Å². The maximum absolute atomic E-state index is 12.9. The predicted molar refractivity (Wildman–Crippen MR) is 118 cm³/mol. The van der Waals surface area contributed by atoms with Gasteiger partial charge in [-0.25, -0.2) is 0 Å². The minimum Gasteiger partial charge on any atom is -0.507 e. The highest BCUT2D eigenvalue weighted by Crippen LogP contribution is 2.40. The summed E-state index contributed by atoms with van der Waals surface area (Å²) in [6, 6.07) is 13.6. The Morgan fingerprint density at radius 3 is 2.16 bits per heavy atom. The molecule has 0 aliphatic carbocycles. The molecule has 0 radical (unpaired) electrons. The number of amides is 1. The number of carbonyl (C=O) groups excluding carboxylic acids is 2. The van der Waals surface area contributed by atoms with E-state index in [0.717, 1.165) is 11.3 Å². The average molecular weight is 422 g/mol. The van der Waals surface area contributed by atoms with Gasteiger partial charge in [0.15, 0.2) is 0 Å². The zero-order chi connectivity index (χ0) is 22.7. The number of hydrogen-bond acceptors (Lipinski definition) is 5. The molecule has 1 amide bonds. The van der Waals surface area contributed by atoms with Crippen LogP contribution in [0.4, 0.5) is 5.69 Å². The Balaban J connectivity index is 2.09. The van der Waals surface area contributed by atoms with Gasteiger partial charge < -0.3 is 20.0 Å². The quantitative estimate of drug-likeness (QED) is 0.403. The summed E-state index contributed by atoms with van der Waals surface area (Å²) in [5.41, 5.74) is 3.09. The fourth-order valence-corrected chi connectivity index (χ4v) is 3.68. The first-order valence-electron chi connectivity index (χ1n) is 10.0. The van der Waals surface area contributed by atoms with Gasteiger partial charge in [0.25, 0.3) is 11.7 Å². The van der Waals surface area contributed by atoms with E-state index in [1.165, 1.54) is 4.90 Å². The van der Waals surface area contributed by atoms with Gasteiger partial charge in [-0.05, 0) is 31.0 Å². The van der Waals surface area contributed by atoms with Gasteiger partial charge in [0, 0.05) is 38.3 Å². The van der Waals surface area contributed by atoms with Gasteiger partial charge in [-0.15, -0.1) is 0 Å². The van der Waals surface area contributed by atoms with Crippen LogP contribution < -0.4 is 4.90 Å². The number of aliphatic hydroxyl groups is 1. The molecular weight excluding hydrogens is 396 g/mol. The normalized spacial score (nSPS) is 17.8. The van der Waals surface area contributed by atoms with Crippen molar-refractivity contribution in [3.63, 3.8) is 0 Å². The van der Waals surface area contributed by atoms with Crippen LogP contribution in [-0.2, 0) is 14.4 Å². The molecule has 0 aromatic heterocycles. The third kappa shape index (κ3) is 4.60. The van der Waals surface area contributed by atoms with Gasteiger partial charge in [-0.1, -0.05) is 42.0 Å². The predicted octanol–water partition coefficient (Wildman–Crippen LogP) is 3.35. The van der Waals surface area contributed by atoms with Crippen molar-refractivity contribution in [3.8, 4) is 0 Å². The minimum atomic E-state index is -0.969. The molecule has 1 aliphatic heterocycles.